The Hall–Kier alpha value is -2.95. The summed E-state index contributed by atoms with van der Waals surface area (Å²) < 4.78 is 2.00. The lowest BCUT2D eigenvalue weighted by atomic mass is 10.0. The van der Waals surface area contributed by atoms with Gasteiger partial charge in [0.05, 0.1) is 12.9 Å². The van der Waals surface area contributed by atoms with Gasteiger partial charge in [0, 0.05) is 0 Å². The quantitative estimate of drug-likeness (QED) is 0.610. The van der Waals surface area contributed by atoms with E-state index in [2.05, 4.69) is 51.4 Å². The van der Waals surface area contributed by atoms with E-state index in [9.17, 15) is 0 Å². The molecule has 2 aromatic carbocycles. The lowest BCUT2D eigenvalue weighted by Crippen LogP contribution is -2.01. The number of anilines is 1. The Balaban J connectivity index is 1.85. The van der Waals surface area contributed by atoms with Gasteiger partial charge in [-0.15, -0.1) is 0 Å². The molecule has 0 atom stereocenters. The fourth-order valence-corrected chi connectivity index (χ4v) is 2.63. The predicted octanol–water partition coefficient (Wildman–Crippen LogP) is 2.61. The van der Waals surface area contributed by atoms with Gasteiger partial charge in [-0.25, -0.2) is 15.0 Å². The zero-order valence-electron chi connectivity index (χ0n) is 11.3. The van der Waals surface area contributed by atoms with Gasteiger partial charge in [0.25, 0.3) is 0 Å². The zero-order valence-corrected chi connectivity index (χ0v) is 11.3. The van der Waals surface area contributed by atoms with Crippen LogP contribution in [-0.2, 0) is 6.54 Å². The van der Waals surface area contributed by atoms with Crippen molar-refractivity contribution in [3.63, 3.8) is 0 Å². The standard InChI is InChI=1S/C16H13N5/c17-15-14-16(19-9-18-15)21(10-20-14)8-12-6-3-5-11-4-1-2-7-13(11)12/h1-7,9-10H,8H2,(H2,17,18,19). The second-order valence-corrected chi connectivity index (χ2v) is 4.94. The molecule has 0 aliphatic carbocycles. The maximum Gasteiger partial charge on any atom is 0.165 e. The number of imidazole rings is 1. The molecule has 0 spiro atoms. The van der Waals surface area contributed by atoms with Gasteiger partial charge in [-0.05, 0) is 16.3 Å². The van der Waals surface area contributed by atoms with Crippen molar-refractivity contribution in [1.82, 2.24) is 19.5 Å². The first-order valence-corrected chi connectivity index (χ1v) is 6.71. The van der Waals surface area contributed by atoms with Crippen molar-refractivity contribution in [3.8, 4) is 0 Å². The molecule has 0 bridgehead atoms. The van der Waals surface area contributed by atoms with Gasteiger partial charge in [0.2, 0.25) is 0 Å². The third kappa shape index (κ3) is 1.90. The highest BCUT2D eigenvalue weighted by atomic mass is 15.1. The van der Waals surface area contributed by atoms with Crippen LogP contribution in [-0.4, -0.2) is 19.5 Å². The third-order valence-electron chi connectivity index (χ3n) is 3.65. The van der Waals surface area contributed by atoms with E-state index in [1.54, 1.807) is 6.33 Å². The molecule has 4 aromatic rings. The van der Waals surface area contributed by atoms with E-state index in [1.807, 2.05) is 10.6 Å². The van der Waals surface area contributed by atoms with Gasteiger partial charge in [-0.1, -0.05) is 42.5 Å². The van der Waals surface area contributed by atoms with Crippen LogP contribution in [0.5, 0.6) is 0 Å². The fourth-order valence-electron chi connectivity index (χ4n) is 2.63. The Labute approximate surface area is 121 Å². The summed E-state index contributed by atoms with van der Waals surface area (Å²) in [6.07, 6.45) is 3.23. The van der Waals surface area contributed by atoms with E-state index >= 15 is 0 Å². The van der Waals surface area contributed by atoms with E-state index in [0.29, 0.717) is 17.9 Å². The van der Waals surface area contributed by atoms with E-state index in [1.165, 1.54) is 22.7 Å². The first-order chi connectivity index (χ1) is 10.3. The molecule has 4 rings (SSSR count). The molecule has 5 nitrogen and oxygen atoms in total. The number of rotatable bonds is 2. The van der Waals surface area contributed by atoms with Gasteiger partial charge < -0.3 is 10.3 Å². The van der Waals surface area contributed by atoms with Crippen LogP contribution in [0, 0.1) is 0 Å². The lowest BCUT2D eigenvalue weighted by molar-refractivity contribution is 0.818. The summed E-state index contributed by atoms with van der Waals surface area (Å²) >= 11 is 0. The molecule has 0 unspecified atom stereocenters. The third-order valence-corrected chi connectivity index (χ3v) is 3.65. The van der Waals surface area contributed by atoms with E-state index in [0.717, 1.165) is 5.65 Å². The monoisotopic (exact) mass is 275 g/mol. The van der Waals surface area contributed by atoms with E-state index < -0.39 is 0 Å². The minimum Gasteiger partial charge on any atom is -0.382 e. The largest absolute Gasteiger partial charge is 0.382 e. The second-order valence-electron chi connectivity index (χ2n) is 4.94. The van der Waals surface area contributed by atoms with Crippen molar-refractivity contribution in [2.45, 2.75) is 6.54 Å². The Morgan fingerprint density at radius 2 is 1.81 bits per heavy atom. The van der Waals surface area contributed by atoms with Crippen LogP contribution in [0.3, 0.4) is 0 Å². The number of nitrogens with two attached hydrogens (primary N) is 1. The average molecular weight is 275 g/mol. The number of hydrogen-bond acceptors (Lipinski definition) is 4. The number of hydrogen-bond donors (Lipinski definition) is 1. The van der Waals surface area contributed by atoms with Crippen LogP contribution in [0.2, 0.25) is 0 Å². The van der Waals surface area contributed by atoms with Crippen LogP contribution in [0.15, 0.2) is 55.1 Å². The van der Waals surface area contributed by atoms with Crippen molar-refractivity contribution in [3.05, 3.63) is 60.7 Å². The predicted molar refractivity (Wildman–Crippen MR) is 82.8 cm³/mol. The maximum absolute atomic E-state index is 5.83. The Bertz CT molecular complexity index is 936. The molecule has 0 radical (unpaired) electrons. The molecule has 2 aromatic heterocycles. The highest BCUT2D eigenvalue weighted by Gasteiger charge is 2.09. The molecule has 0 fully saturated rings. The van der Waals surface area contributed by atoms with Gasteiger partial charge in [0.15, 0.2) is 11.5 Å². The summed E-state index contributed by atoms with van der Waals surface area (Å²) in [6, 6.07) is 14.7. The van der Waals surface area contributed by atoms with Crippen LogP contribution < -0.4 is 5.73 Å². The summed E-state index contributed by atoms with van der Waals surface area (Å²) in [7, 11) is 0. The lowest BCUT2D eigenvalue weighted by Gasteiger charge is -2.08. The van der Waals surface area contributed by atoms with Crippen LogP contribution in [0.25, 0.3) is 21.9 Å². The summed E-state index contributed by atoms with van der Waals surface area (Å²) in [6.45, 7) is 0.703. The second kappa shape index (κ2) is 4.56. The Kier molecular flexibility index (Phi) is 2.57. The highest BCUT2D eigenvalue weighted by molar-refractivity contribution is 5.86. The first kappa shape index (κ1) is 11.8. The molecule has 2 heterocycles. The molecule has 0 aliphatic rings. The summed E-state index contributed by atoms with van der Waals surface area (Å²) in [5, 5.41) is 2.47. The number of fused-ring (bicyclic) bond motifs is 2. The Morgan fingerprint density at radius 3 is 2.76 bits per heavy atom. The molecule has 102 valence electrons. The molecular weight excluding hydrogens is 262 g/mol. The van der Waals surface area contributed by atoms with Crippen molar-refractivity contribution in [1.29, 1.82) is 0 Å². The number of aromatic nitrogens is 4. The minimum atomic E-state index is 0.414. The van der Waals surface area contributed by atoms with Crippen LogP contribution >= 0.6 is 0 Å². The molecule has 0 amide bonds. The number of nitrogen functional groups attached to an aromatic ring is 1. The summed E-state index contributed by atoms with van der Waals surface area (Å²) in [5.41, 5.74) is 8.46. The van der Waals surface area contributed by atoms with Crippen molar-refractivity contribution < 1.29 is 0 Å². The minimum absolute atomic E-state index is 0.414. The van der Waals surface area contributed by atoms with Crippen molar-refractivity contribution >= 4 is 27.8 Å². The van der Waals surface area contributed by atoms with Gasteiger partial charge >= 0.3 is 0 Å². The SMILES string of the molecule is Nc1ncnc2c1ncn2Cc1cccc2ccccc12. The number of nitrogens with zero attached hydrogens (tertiary/aromatic N) is 4. The molecule has 0 saturated heterocycles. The number of benzene rings is 2. The first-order valence-electron chi connectivity index (χ1n) is 6.71. The maximum atomic E-state index is 5.83. The van der Waals surface area contributed by atoms with Gasteiger partial charge in [-0.3, -0.25) is 0 Å². The van der Waals surface area contributed by atoms with Crippen LogP contribution in [0.1, 0.15) is 5.56 Å². The molecule has 5 heteroatoms. The smallest absolute Gasteiger partial charge is 0.165 e. The fraction of sp³-hybridized carbons (Fsp3) is 0.0625. The summed E-state index contributed by atoms with van der Waals surface area (Å²) in [5.74, 6) is 0.414. The van der Waals surface area contributed by atoms with E-state index in [-0.39, 0.29) is 0 Å². The van der Waals surface area contributed by atoms with Crippen molar-refractivity contribution in [2.24, 2.45) is 0 Å². The molecular formula is C16H13N5. The molecule has 0 saturated carbocycles. The topological polar surface area (TPSA) is 69.6 Å². The molecule has 2 N–H and O–H groups in total. The normalized spacial score (nSPS) is 11.2. The van der Waals surface area contributed by atoms with Crippen LogP contribution in [0.4, 0.5) is 5.82 Å². The molecule has 0 aliphatic heterocycles. The van der Waals surface area contributed by atoms with Gasteiger partial charge in [0.1, 0.15) is 11.8 Å². The highest BCUT2D eigenvalue weighted by Crippen LogP contribution is 2.21. The summed E-state index contributed by atoms with van der Waals surface area (Å²) in [4.78, 5) is 12.6. The average Bonchev–Trinajstić information content (AvgIpc) is 2.92. The zero-order chi connectivity index (χ0) is 14.2. The molecule has 21 heavy (non-hydrogen) atoms. The van der Waals surface area contributed by atoms with Gasteiger partial charge in [-0.2, -0.15) is 0 Å². The Morgan fingerprint density at radius 1 is 0.952 bits per heavy atom. The van der Waals surface area contributed by atoms with Crippen molar-refractivity contribution in [2.75, 3.05) is 5.73 Å². The van der Waals surface area contributed by atoms with E-state index in [4.69, 9.17) is 5.73 Å².